The molecule has 0 spiro atoms. The number of carbonyl (C=O) groups is 1. The number of benzene rings is 1. The van der Waals surface area contributed by atoms with Crippen LogP contribution < -0.4 is 11.5 Å². The Balaban J connectivity index is 2.18. The van der Waals surface area contributed by atoms with E-state index >= 15 is 0 Å². The smallest absolute Gasteiger partial charge is 0.254 e. The first-order valence-corrected chi connectivity index (χ1v) is 6.68. The van der Waals surface area contributed by atoms with E-state index in [0.29, 0.717) is 22.2 Å². The van der Waals surface area contributed by atoms with E-state index in [-0.39, 0.29) is 5.91 Å². The van der Waals surface area contributed by atoms with Gasteiger partial charge < -0.3 is 16.4 Å². The van der Waals surface area contributed by atoms with Crippen molar-refractivity contribution in [2.24, 2.45) is 0 Å². The van der Waals surface area contributed by atoms with Gasteiger partial charge in [-0.1, -0.05) is 6.92 Å². The van der Waals surface area contributed by atoms with Gasteiger partial charge in [0.25, 0.3) is 5.91 Å². The highest BCUT2D eigenvalue weighted by Gasteiger charge is 2.22. The fourth-order valence-corrected chi connectivity index (χ4v) is 3.00. The largest absolute Gasteiger partial charge is 0.399 e. The third-order valence-corrected chi connectivity index (χ3v) is 3.89. The summed E-state index contributed by atoms with van der Waals surface area (Å²) in [6.07, 6.45) is 0. The Morgan fingerprint density at radius 3 is 2.59 bits per heavy atom. The van der Waals surface area contributed by atoms with Crippen LogP contribution in [0.25, 0.3) is 0 Å². The lowest BCUT2D eigenvalue weighted by Gasteiger charge is -2.30. The summed E-state index contributed by atoms with van der Waals surface area (Å²) >= 11 is 1.90. The van der Waals surface area contributed by atoms with Crippen molar-refractivity contribution in [3.8, 4) is 0 Å². The second kappa shape index (κ2) is 4.87. The molecule has 0 aromatic heterocycles. The number of anilines is 2. The summed E-state index contributed by atoms with van der Waals surface area (Å²) in [7, 11) is 0. The molecule has 17 heavy (non-hydrogen) atoms. The highest BCUT2D eigenvalue weighted by atomic mass is 32.2. The van der Waals surface area contributed by atoms with Gasteiger partial charge in [0.1, 0.15) is 0 Å². The molecule has 1 aliphatic rings. The average molecular weight is 251 g/mol. The molecule has 1 atom stereocenters. The van der Waals surface area contributed by atoms with Gasteiger partial charge in [0.05, 0.1) is 0 Å². The third kappa shape index (κ3) is 2.85. The standard InChI is InChI=1S/C12H17N3OS/c1-8-7-15(2-3-17-8)12(16)9-4-10(13)6-11(14)5-9/h4-6,8H,2-3,7,13-14H2,1H3. The number of amides is 1. The van der Waals surface area contributed by atoms with Crippen molar-refractivity contribution in [2.45, 2.75) is 12.2 Å². The van der Waals surface area contributed by atoms with Gasteiger partial charge in [0.2, 0.25) is 0 Å². The van der Waals surface area contributed by atoms with Crippen LogP contribution in [0.3, 0.4) is 0 Å². The van der Waals surface area contributed by atoms with E-state index in [1.165, 1.54) is 0 Å². The zero-order valence-electron chi connectivity index (χ0n) is 9.85. The first-order chi connectivity index (χ1) is 8.06. The third-order valence-electron chi connectivity index (χ3n) is 2.75. The van der Waals surface area contributed by atoms with E-state index < -0.39 is 0 Å². The van der Waals surface area contributed by atoms with Crippen molar-refractivity contribution in [3.05, 3.63) is 23.8 Å². The monoisotopic (exact) mass is 251 g/mol. The number of hydrogen-bond acceptors (Lipinski definition) is 4. The molecule has 4 N–H and O–H groups in total. The maximum atomic E-state index is 12.3. The predicted molar refractivity (Wildman–Crippen MR) is 73.1 cm³/mol. The van der Waals surface area contributed by atoms with Crippen LogP contribution in [-0.4, -0.2) is 34.9 Å². The van der Waals surface area contributed by atoms with Gasteiger partial charge >= 0.3 is 0 Å². The van der Waals surface area contributed by atoms with E-state index in [9.17, 15) is 4.79 Å². The lowest BCUT2D eigenvalue weighted by Crippen LogP contribution is -2.41. The minimum Gasteiger partial charge on any atom is -0.399 e. The Morgan fingerprint density at radius 2 is 2.00 bits per heavy atom. The van der Waals surface area contributed by atoms with Crippen LogP contribution in [0.4, 0.5) is 11.4 Å². The zero-order chi connectivity index (χ0) is 12.4. The molecule has 1 aliphatic heterocycles. The van der Waals surface area contributed by atoms with Gasteiger partial charge in [-0.25, -0.2) is 0 Å². The minimum atomic E-state index is 0.0242. The molecule has 5 heteroatoms. The number of thioether (sulfide) groups is 1. The molecule has 0 aliphatic carbocycles. The van der Waals surface area contributed by atoms with Crippen LogP contribution >= 0.6 is 11.8 Å². The first-order valence-electron chi connectivity index (χ1n) is 5.63. The van der Waals surface area contributed by atoms with Gasteiger partial charge in [0.15, 0.2) is 0 Å². The second-order valence-corrected chi connectivity index (χ2v) is 5.87. The van der Waals surface area contributed by atoms with E-state index in [1.54, 1.807) is 18.2 Å². The molecule has 0 saturated carbocycles. The van der Waals surface area contributed by atoms with Crippen molar-refractivity contribution in [1.29, 1.82) is 0 Å². The van der Waals surface area contributed by atoms with Crippen molar-refractivity contribution in [3.63, 3.8) is 0 Å². The van der Waals surface area contributed by atoms with Gasteiger partial charge in [-0.15, -0.1) is 0 Å². The number of nitrogens with two attached hydrogens (primary N) is 2. The molecule has 1 fully saturated rings. The summed E-state index contributed by atoms with van der Waals surface area (Å²) in [6, 6.07) is 5.03. The number of nitrogens with zero attached hydrogens (tertiary/aromatic N) is 1. The Labute approximate surface area is 105 Å². The summed E-state index contributed by atoms with van der Waals surface area (Å²) in [5.41, 5.74) is 13.1. The second-order valence-electron chi connectivity index (χ2n) is 4.32. The number of nitrogen functional groups attached to an aromatic ring is 2. The SMILES string of the molecule is CC1CN(C(=O)c2cc(N)cc(N)c2)CCS1. The fourth-order valence-electron chi connectivity index (χ4n) is 1.99. The summed E-state index contributed by atoms with van der Waals surface area (Å²) in [6.45, 7) is 3.72. The summed E-state index contributed by atoms with van der Waals surface area (Å²) in [4.78, 5) is 14.1. The molecule has 1 heterocycles. The van der Waals surface area contributed by atoms with E-state index in [4.69, 9.17) is 11.5 Å². The summed E-state index contributed by atoms with van der Waals surface area (Å²) < 4.78 is 0. The van der Waals surface area contributed by atoms with E-state index in [2.05, 4.69) is 6.92 Å². The maximum Gasteiger partial charge on any atom is 0.254 e. The van der Waals surface area contributed by atoms with E-state index in [0.717, 1.165) is 18.8 Å². The lowest BCUT2D eigenvalue weighted by atomic mass is 10.1. The Kier molecular flexibility index (Phi) is 3.47. The Bertz CT molecular complexity index is 416. The summed E-state index contributed by atoms with van der Waals surface area (Å²) in [5, 5.41) is 0.492. The average Bonchev–Trinajstić information content (AvgIpc) is 2.26. The predicted octanol–water partition coefficient (Wildman–Crippen LogP) is 1.43. The highest BCUT2D eigenvalue weighted by Crippen LogP contribution is 2.21. The molecule has 92 valence electrons. The van der Waals surface area contributed by atoms with Crippen molar-refractivity contribution < 1.29 is 4.79 Å². The Hall–Kier alpha value is -1.36. The summed E-state index contributed by atoms with van der Waals surface area (Å²) in [5.74, 6) is 1.01. The van der Waals surface area contributed by atoms with Crippen LogP contribution in [0.2, 0.25) is 0 Å². The first kappa shape index (κ1) is 12.1. The van der Waals surface area contributed by atoms with Crippen LogP contribution in [-0.2, 0) is 0 Å². The maximum absolute atomic E-state index is 12.3. The number of carbonyl (C=O) groups excluding carboxylic acids is 1. The molecule has 4 nitrogen and oxygen atoms in total. The molecule has 1 unspecified atom stereocenters. The van der Waals surface area contributed by atoms with Crippen molar-refractivity contribution in [1.82, 2.24) is 4.90 Å². The molecule has 2 rings (SSSR count). The van der Waals surface area contributed by atoms with Crippen LogP contribution in [0.5, 0.6) is 0 Å². The lowest BCUT2D eigenvalue weighted by molar-refractivity contribution is 0.0763. The van der Waals surface area contributed by atoms with E-state index in [1.807, 2.05) is 16.7 Å². The molecular weight excluding hydrogens is 234 g/mol. The molecule has 1 aromatic rings. The van der Waals surface area contributed by atoms with Crippen molar-refractivity contribution >= 4 is 29.0 Å². The highest BCUT2D eigenvalue weighted by molar-refractivity contribution is 7.99. The normalized spacial score (nSPS) is 20.3. The minimum absolute atomic E-state index is 0.0242. The van der Waals surface area contributed by atoms with Crippen LogP contribution in [0.1, 0.15) is 17.3 Å². The van der Waals surface area contributed by atoms with Gasteiger partial charge in [-0.2, -0.15) is 11.8 Å². The quantitative estimate of drug-likeness (QED) is 0.741. The fraction of sp³-hybridized carbons (Fsp3) is 0.417. The molecular formula is C12H17N3OS. The molecule has 1 aromatic carbocycles. The number of rotatable bonds is 1. The molecule has 1 amide bonds. The van der Waals surface area contributed by atoms with Crippen molar-refractivity contribution in [2.75, 3.05) is 30.3 Å². The van der Waals surface area contributed by atoms with Gasteiger partial charge in [0, 0.05) is 41.0 Å². The number of hydrogen-bond donors (Lipinski definition) is 2. The zero-order valence-corrected chi connectivity index (χ0v) is 10.7. The van der Waals surface area contributed by atoms with Gasteiger partial charge in [-0.05, 0) is 18.2 Å². The van der Waals surface area contributed by atoms with Crippen LogP contribution in [0.15, 0.2) is 18.2 Å². The molecule has 1 saturated heterocycles. The van der Waals surface area contributed by atoms with Gasteiger partial charge in [-0.3, -0.25) is 4.79 Å². The Morgan fingerprint density at radius 1 is 1.35 bits per heavy atom. The molecule has 0 bridgehead atoms. The van der Waals surface area contributed by atoms with Crippen LogP contribution in [0, 0.1) is 0 Å². The topological polar surface area (TPSA) is 72.3 Å². The molecule has 0 radical (unpaired) electrons.